The van der Waals surface area contributed by atoms with Crippen LogP contribution in [-0.4, -0.2) is 44.0 Å². The van der Waals surface area contributed by atoms with E-state index in [1.165, 1.54) is 0 Å². The van der Waals surface area contributed by atoms with Crippen LogP contribution in [-0.2, 0) is 13.1 Å². The van der Waals surface area contributed by atoms with Crippen LogP contribution >= 0.6 is 0 Å². The Bertz CT molecular complexity index is 312. The van der Waals surface area contributed by atoms with Crippen LogP contribution in [0, 0.1) is 0 Å². The van der Waals surface area contributed by atoms with Crippen molar-refractivity contribution in [1.82, 2.24) is 19.7 Å². The van der Waals surface area contributed by atoms with Gasteiger partial charge in [-0.25, -0.2) is 9.67 Å². The van der Waals surface area contributed by atoms with E-state index in [0.29, 0.717) is 0 Å². The highest BCUT2D eigenvalue weighted by Crippen LogP contribution is 2.12. The van der Waals surface area contributed by atoms with Gasteiger partial charge in [-0.15, -0.1) is 0 Å². The van der Waals surface area contributed by atoms with Gasteiger partial charge in [-0.2, -0.15) is 5.10 Å². The van der Waals surface area contributed by atoms with E-state index in [2.05, 4.69) is 21.9 Å². The largest absolute Gasteiger partial charge is 0.392 e. The van der Waals surface area contributed by atoms with Crippen LogP contribution in [0.3, 0.4) is 0 Å². The molecule has 1 fully saturated rings. The third-order valence-electron chi connectivity index (χ3n) is 2.84. The summed E-state index contributed by atoms with van der Waals surface area (Å²) in [4.78, 5) is 6.48. The molecule has 2 rings (SSSR count). The summed E-state index contributed by atoms with van der Waals surface area (Å²) in [6.07, 6.45) is 3.43. The third kappa shape index (κ3) is 2.54. The first-order valence-corrected chi connectivity index (χ1v) is 5.56. The molecular weight excluding hydrogens is 192 g/mol. The minimum atomic E-state index is -0.170. The molecule has 5 nitrogen and oxygen atoms in total. The van der Waals surface area contributed by atoms with Crippen LogP contribution in [0.15, 0.2) is 6.33 Å². The molecule has 1 aliphatic heterocycles. The monoisotopic (exact) mass is 210 g/mol. The number of aryl methyl sites for hydroxylation is 1. The average molecular weight is 210 g/mol. The fraction of sp³-hybridized carbons (Fsp3) is 0.800. The lowest BCUT2D eigenvalue weighted by atomic mass is 10.1. The number of aromatic nitrogens is 3. The van der Waals surface area contributed by atoms with Gasteiger partial charge in [-0.3, -0.25) is 4.90 Å². The Hall–Kier alpha value is -0.940. The molecule has 15 heavy (non-hydrogen) atoms. The number of β-amino-alcohol motifs (C(OH)–C–C–N with tert-alkyl or cyclic N) is 1. The second kappa shape index (κ2) is 4.72. The Balaban J connectivity index is 1.96. The minimum Gasteiger partial charge on any atom is -0.392 e. The van der Waals surface area contributed by atoms with Gasteiger partial charge in [-0.05, 0) is 26.3 Å². The molecule has 0 spiro atoms. The maximum absolute atomic E-state index is 9.55. The molecule has 0 amide bonds. The number of aliphatic hydroxyl groups is 1. The van der Waals surface area contributed by atoms with Crippen LogP contribution < -0.4 is 0 Å². The van der Waals surface area contributed by atoms with Crippen LogP contribution in [0.1, 0.15) is 25.6 Å². The summed E-state index contributed by atoms with van der Waals surface area (Å²) in [6.45, 7) is 5.52. The number of aliphatic hydroxyl groups excluding tert-OH is 1. The van der Waals surface area contributed by atoms with E-state index < -0.39 is 0 Å². The lowest BCUT2D eigenvalue weighted by Gasteiger charge is -2.29. The van der Waals surface area contributed by atoms with Crippen molar-refractivity contribution in [3.63, 3.8) is 0 Å². The van der Waals surface area contributed by atoms with Gasteiger partial charge in [0.2, 0.25) is 0 Å². The van der Waals surface area contributed by atoms with Crippen LogP contribution in [0.2, 0.25) is 0 Å². The van der Waals surface area contributed by atoms with Crippen molar-refractivity contribution in [2.24, 2.45) is 0 Å². The lowest BCUT2D eigenvalue weighted by Crippen LogP contribution is -2.38. The normalized spacial score (nSPS) is 23.2. The average Bonchev–Trinajstić information content (AvgIpc) is 2.65. The van der Waals surface area contributed by atoms with Gasteiger partial charge in [0, 0.05) is 13.1 Å². The quantitative estimate of drug-likeness (QED) is 0.777. The van der Waals surface area contributed by atoms with E-state index in [1.54, 1.807) is 6.33 Å². The van der Waals surface area contributed by atoms with E-state index >= 15 is 0 Å². The standard InChI is InChI=1S/C10H18N4O/c1-2-14-10(11-8-12-14)7-13-5-3-4-9(15)6-13/h8-9,15H,2-7H2,1H3/t9-/m0/s1. The SMILES string of the molecule is CCn1ncnc1CN1CCC[C@H](O)C1. The first kappa shape index (κ1) is 10.6. The van der Waals surface area contributed by atoms with Gasteiger partial charge in [0.25, 0.3) is 0 Å². The van der Waals surface area contributed by atoms with Crippen molar-refractivity contribution in [1.29, 1.82) is 0 Å². The van der Waals surface area contributed by atoms with Crippen molar-refractivity contribution in [3.8, 4) is 0 Å². The molecule has 0 saturated carbocycles. The van der Waals surface area contributed by atoms with Gasteiger partial charge < -0.3 is 5.11 Å². The number of likely N-dealkylation sites (tertiary alicyclic amines) is 1. The maximum Gasteiger partial charge on any atom is 0.140 e. The number of rotatable bonds is 3. The van der Waals surface area contributed by atoms with Gasteiger partial charge in [-0.1, -0.05) is 0 Å². The summed E-state index contributed by atoms with van der Waals surface area (Å²) >= 11 is 0. The van der Waals surface area contributed by atoms with Crippen molar-refractivity contribution in [2.75, 3.05) is 13.1 Å². The second-order valence-corrected chi connectivity index (χ2v) is 4.02. The Labute approximate surface area is 89.7 Å². The molecule has 0 aromatic carbocycles. The first-order chi connectivity index (χ1) is 7.29. The van der Waals surface area contributed by atoms with Crippen molar-refractivity contribution >= 4 is 0 Å². The van der Waals surface area contributed by atoms with Crippen molar-refractivity contribution < 1.29 is 5.11 Å². The molecule has 84 valence electrons. The molecule has 0 radical (unpaired) electrons. The van der Waals surface area contributed by atoms with Crippen LogP contribution in [0.25, 0.3) is 0 Å². The highest BCUT2D eigenvalue weighted by Gasteiger charge is 2.19. The van der Waals surface area contributed by atoms with E-state index in [4.69, 9.17) is 0 Å². The molecule has 0 bridgehead atoms. The number of piperidine rings is 1. The predicted octanol–water partition coefficient (Wildman–Crippen LogP) is 0.255. The molecule has 1 aromatic rings. The highest BCUT2D eigenvalue weighted by atomic mass is 16.3. The molecule has 0 aliphatic carbocycles. The summed E-state index contributed by atoms with van der Waals surface area (Å²) in [5, 5.41) is 13.7. The smallest absolute Gasteiger partial charge is 0.140 e. The molecular formula is C10H18N4O. The molecule has 1 aliphatic rings. The molecule has 1 aromatic heterocycles. The molecule has 2 heterocycles. The summed E-state index contributed by atoms with van der Waals surface area (Å²) < 4.78 is 1.90. The van der Waals surface area contributed by atoms with Gasteiger partial charge in [0.1, 0.15) is 12.2 Å². The van der Waals surface area contributed by atoms with E-state index in [9.17, 15) is 5.11 Å². The van der Waals surface area contributed by atoms with Gasteiger partial charge in [0.15, 0.2) is 0 Å². The summed E-state index contributed by atoms with van der Waals surface area (Å²) in [5.74, 6) is 0.992. The van der Waals surface area contributed by atoms with Crippen molar-refractivity contribution in [2.45, 2.75) is 39.0 Å². The Kier molecular flexibility index (Phi) is 3.33. The molecule has 1 saturated heterocycles. The zero-order chi connectivity index (χ0) is 10.7. The van der Waals surface area contributed by atoms with E-state index in [1.807, 2.05) is 4.68 Å². The van der Waals surface area contributed by atoms with Gasteiger partial charge >= 0.3 is 0 Å². The van der Waals surface area contributed by atoms with Gasteiger partial charge in [0.05, 0.1) is 12.6 Å². The number of nitrogens with zero attached hydrogens (tertiary/aromatic N) is 4. The Morgan fingerprint density at radius 2 is 2.47 bits per heavy atom. The zero-order valence-corrected chi connectivity index (χ0v) is 9.13. The molecule has 1 N–H and O–H groups in total. The highest BCUT2D eigenvalue weighted by molar-refractivity contribution is 4.86. The fourth-order valence-electron chi connectivity index (χ4n) is 2.05. The first-order valence-electron chi connectivity index (χ1n) is 5.56. The van der Waals surface area contributed by atoms with Crippen LogP contribution in [0.5, 0.6) is 0 Å². The number of hydrogen-bond acceptors (Lipinski definition) is 4. The molecule has 1 atom stereocenters. The van der Waals surface area contributed by atoms with Crippen molar-refractivity contribution in [3.05, 3.63) is 12.2 Å². The Morgan fingerprint density at radius 1 is 1.60 bits per heavy atom. The topological polar surface area (TPSA) is 54.2 Å². The minimum absolute atomic E-state index is 0.170. The fourth-order valence-corrected chi connectivity index (χ4v) is 2.05. The van der Waals surface area contributed by atoms with E-state index in [0.717, 1.165) is 44.8 Å². The predicted molar refractivity (Wildman–Crippen MR) is 56.2 cm³/mol. The zero-order valence-electron chi connectivity index (χ0n) is 9.13. The lowest BCUT2D eigenvalue weighted by molar-refractivity contribution is 0.0648. The molecule has 0 unspecified atom stereocenters. The third-order valence-corrected chi connectivity index (χ3v) is 2.84. The van der Waals surface area contributed by atoms with E-state index in [-0.39, 0.29) is 6.10 Å². The summed E-state index contributed by atoms with van der Waals surface area (Å²) in [6, 6.07) is 0. The summed E-state index contributed by atoms with van der Waals surface area (Å²) in [5.41, 5.74) is 0. The van der Waals surface area contributed by atoms with Crippen LogP contribution in [0.4, 0.5) is 0 Å². The molecule has 5 heteroatoms. The number of hydrogen-bond donors (Lipinski definition) is 1. The Morgan fingerprint density at radius 3 is 3.20 bits per heavy atom. The maximum atomic E-state index is 9.55. The second-order valence-electron chi connectivity index (χ2n) is 4.02. The summed E-state index contributed by atoms with van der Waals surface area (Å²) in [7, 11) is 0.